The minimum Gasteiger partial charge on any atom is -0.492 e. The molecule has 3 aromatic carbocycles. The number of nitriles is 1. The summed E-state index contributed by atoms with van der Waals surface area (Å²) in [7, 11) is 0. The molecule has 25 heavy (non-hydrogen) atoms. The molecular weight excluding hydrogens is 442 g/mol. The van der Waals surface area contributed by atoms with Crippen molar-refractivity contribution >= 4 is 54.3 Å². The van der Waals surface area contributed by atoms with E-state index < -0.39 is 0 Å². The number of fused-ring (bicyclic) bond motifs is 1. The molecule has 0 unspecified atom stereocenters. The van der Waals surface area contributed by atoms with Crippen LogP contribution in [-0.4, -0.2) is 6.61 Å². The standard InChI is InChI=1S/C21H15Br2NO/c1-2-25-21-19(22)10-14(11-20(21)23)9-18(13-24)17-8-7-15-5-3-4-6-16(15)12-17/h3-12H,2H2,1H3/b18-9-. The highest BCUT2D eigenvalue weighted by Crippen LogP contribution is 2.36. The van der Waals surface area contributed by atoms with Gasteiger partial charge in [-0.3, -0.25) is 0 Å². The van der Waals surface area contributed by atoms with E-state index in [1.807, 2.05) is 55.5 Å². The third-order valence-electron chi connectivity index (χ3n) is 3.80. The minimum absolute atomic E-state index is 0.590. The van der Waals surface area contributed by atoms with Crippen LogP contribution in [0, 0.1) is 11.3 Å². The normalized spacial score (nSPS) is 11.4. The molecule has 0 bridgehead atoms. The maximum Gasteiger partial charge on any atom is 0.147 e. The molecule has 0 aliphatic carbocycles. The van der Waals surface area contributed by atoms with E-state index >= 15 is 0 Å². The molecule has 0 spiro atoms. The molecule has 0 aliphatic heterocycles. The summed E-state index contributed by atoms with van der Waals surface area (Å²) in [5, 5.41) is 11.9. The summed E-state index contributed by atoms with van der Waals surface area (Å²) in [6.45, 7) is 2.53. The van der Waals surface area contributed by atoms with E-state index in [4.69, 9.17) is 4.74 Å². The van der Waals surface area contributed by atoms with Gasteiger partial charge in [-0.05, 0) is 85.0 Å². The summed E-state index contributed by atoms with van der Waals surface area (Å²) < 4.78 is 7.31. The van der Waals surface area contributed by atoms with Gasteiger partial charge in [-0.15, -0.1) is 0 Å². The van der Waals surface area contributed by atoms with Gasteiger partial charge in [0.15, 0.2) is 0 Å². The number of allylic oxidation sites excluding steroid dienone is 1. The van der Waals surface area contributed by atoms with Gasteiger partial charge in [0, 0.05) is 0 Å². The molecule has 0 aromatic heterocycles. The summed E-state index contributed by atoms with van der Waals surface area (Å²) in [5.74, 6) is 0.767. The second-order valence-electron chi connectivity index (χ2n) is 5.48. The number of nitrogens with zero attached hydrogens (tertiary/aromatic N) is 1. The van der Waals surface area contributed by atoms with E-state index in [2.05, 4.69) is 50.1 Å². The molecule has 0 N–H and O–H groups in total. The summed E-state index contributed by atoms with van der Waals surface area (Å²) in [4.78, 5) is 0. The Bertz CT molecular complexity index is 979. The van der Waals surface area contributed by atoms with Crippen molar-refractivity contribution in [2.75, 3.05) is 6.61 Å². The van der Waals surface area contributed by atoms with Crippen molar-refractivity contribution in [3.63, 3.8) is 0 Å². The van der Waals surface area contributed by atoms with Crippen molar-refractivity contribution < 1.29 is 4.74 Å². The Morgan fingerprint density at radius 2 is 1.72 bits per heavy atom. The van der Waals surface area contributed by atoms with Gasteiger partial charge in [0.1, 0.15) is 5.75 Å². The first-order valence-electron chi connectivity index (χ1n) is 7.85. The van der Waals surface area contributed by atoms with Crippen molar-refractivity contribution in [2.24, 2.45) is 0 Å². The monoisotopic (exact) mass is 455 g/mol. The molecule has 3 rings (SSSR count). The molecule has 3 aromatic rings. The molecule has 0 radical (unpaired) electrons. The molecule has 0 atom stereocenters. The lowest BCUT2D eigenvalue weighted by atomic mass is 10.0. The fourth-order valence-corrected chi connectivity index (χ4v) is 4.10. The Balaban J connectivity index is 2.04. The highest BCUT2D eigenvalue weighted by molar-refractivity contribution is 9.11. The van der Waals surface area contributed by atoms with Gasteiger partial charge >= 0.3 is 0 Å². The van der Waals surface area contributed by atoms with Gasteiger partial charge in [-0.25, -0.2) is 0 Å². The lowest BCUT2D eigenvalue weighted by molar-refractivity contribution is 0.336. The first-order valence-corrected chi connectivity index (χ1v) is 9.43. The van der Waals surface area contributed by atoms with Crippen LogP contribution in [0.4, 0.5) is 0 Å². The van der Waals surface area contributed by atoms with E-state index in [-0.39, 0.29) is 0 Å². The zero-order valence-corrected chi connectivity index (χ0v) is 16.8. The Morgan fingerprint density at radius 1 is 1.04 bits per heavy atom. The maximum absolute atomic E-state index is 9.62. The van der Waals surface area contributed by atoms with Crippen molar-refractivity contribution in [3.8, 4) is 11.8 Å². The van der Waals surface area contributed by atoms with Crippen LogP contribution in [0.15, 0.2) is 63.5 Å². The van der Waals surface area contributed by atoms with Gasteiger partial charge in [0.2, 0.25) is 0 Å². The predicted molar refractivity (Wildman–Crippen MR) is 110 cm³/mol. The fraction of sp³-hybridized carbons (Fsp3) is 0.0952. The lowest BCUT2D eigenvalue weighted by Gasteiger charge is -2.10. The Morgan fingerprint density at radius 3 is 2.36 bits per heavy atom. The van der Waals surface area contributed by atoms with E-state index in [1.54, 1.807) is 0 Å². The number of benzene rings is 3. The summed E-state index contributed by atoms with van der Waals surface area (Å²) in [6.07, 6.45) is 1.88. The van der Waals surface area contributed by atoms with Gasteiger partial charge in [0.05, 0.1) is 27.2 Å². The largest absolute Gasteiger partial charge is 0.492 e. The third-order valence-corrected chi connectivity index (χ3v) is 4.98. The zero-order chi connectivity index (χ0) is 17.8. The maximum atomic E-state index is 9.62. The summed E-state index contributed by atoms with van der Waals surface area (Å²) in [5.41, 5.74) is 2.45. The molecule has 124 valence electrons. The van der Waals surface area contributed by atoms with E-state index in [0.29, 0.717) is 12.2 Å². The molecule has 0 aliphatic rings. The number of halogens is 2. The van der Waals surface area contributed by atoms with Crippen LogP contribution in [0.25, 0.3) is 22.4 Å². The van der Waals surface area contributed by atoms with E-state index in [1.165, 1.54) is 0 Å². The average Bonchev–Trinajstić information content (AvgIpc) is 2.62. The number of hydrogen-bond donors (Lipinski definition) is 0. The van der Waals surface area contributed by atoms with Crippen LogP contribution in [-0.2, 0) is 0 Å². The SMILES string of the molecule is CCOc1c(Br)cc(/C=C(/C#N)c2ccc3ccccc3c2)cc1Br. The van der Waals surface area contributed by atoms with Gasteiger partial charge in [-0.1, -0.05) is 36.4 Å². The summed E-state index contributed by atoms with van der Waals surface area (Å²) in [6, 6.07) is 20.4. The lowest BCUT2D eigenvalue weighted by Crippen LogP contribution is -1.94. The molecule has 0 fully saturated rings. The van der Waals surface area contributed by atoms with Crippen LogP contribution >= 0.6 is 31.9 Å². The third kappa shape index (κ3) is 3.95. The molecule has 0 saturated carbocycles. The highest BCUT2D eigenvalue weighted by Gasteiger charge is 2.09. The van der Waals surface area contributed by atoms with E-state index in [0.717, 1.165) is 36.6 Å². The quantitative estimate of drug-likeness (QED) is 0.318. The van der Waals surface area contributed by atoms with Crippen molar-refractivity contribution in [2.45, 2.75) is 6.92 Å². The second-order valence-corrected chi connectivity index (χ2v) is 7.19. The van der Waals surface area contributed by atoms with E-state index in [9.17, 15) is 5.26 Å². The highest BCUT2D eigenvalue weighted by atomic mass is 79.9. The van der Waals surface area contributed by atoms with Crippen LogP contribution in [0.1, 0.15) is 18.1 Å². The molecule has 0 heterocycles. The van der Waals surface area contributed by atoms with Gasteiger partial charge in [0.25, 0.3) is 0 Å². The molecule has 0 amide bonds. The zero-order valence-electron chi connectivity index (χ0n) is 13.6. The first kappa shape index (κ1) is 17.7. The second kappa shape index (κ2) is 7.86. The molecule has 4 heteroatoms. The Hall–Kier alpha value is -2.09. The first-order chi connectivity index (χ1) is 12.1. The van der Waals surface area contributed by atoms with Gasteiger partial charge in [-0.2, -0.15) is 5.26 Å². The average molecular weight is 457 g/mol. The van der Waals surface area contributed by atoms with Crippen LogP contribution < -0.4 is 4.74 Å². The molecular formula is C21H15Br2NO. The van der Waals surface area contributed by atoms with Crippen LogP contribution in [0.5, 0.6) is 5.75 Å². The minimum atomic E-state index is 0.590. The topological polar surface area (TPSA) is 33.0 Å². The number of hydrogen-bond acceptors (Lipinski definition) is 2. The van der Waals surface area contributed by atoms with Crippen molar-refractivity contribution in [3.05, 3.63) is 74.7 Å². The van der Waals surface area contributed by atoms with Crippen molar-refractivity contribution in [1.82, 2.24) is 0 Å². The number of ether oxygens (including phenoxy) is 1. The van der Waals surface area contributed by atoms with Gasteiger partial charge < -0.3 is 4.74 Å². The van der Waals surface area contributed by atoms with Crippen molar-refractivity contribution in [1.29, 1.82) is 5.26 Å². The Labute approximate surface area is 164 Å². The fourth-order valence-electron chi connectivity index (χ4n) is 2.65. The number of rotatable bonds is 4. The molecule has 0 saturated heterocycles. The van der Waals surface area contributed by atoms with Crippen LogP contribution in [0.2, 0.25) is 0 Å². The molecule has 2 nitrogen and oxygen atoms in total. The Kier molecular flexibility index (Phi) is 5.57. The summed E-state index contributed by atoms with van der Waals surface area (Å²) >= 11 is 7.06. The van der Waals surface area contributed by atoms with Crippen LogP contribution in [0.3, 0.4) is 0 Å². The predicted octanol–water partition coefficient (Wildman–Crippen LogP) is 6.83. The smallest absolute Gasteiger partial charge is 0.147 e.